The van der Waals surface area contributed by atoms with Crippen LogP contribution in [0.25, 0.3) is 22.1 Å². The van der Waals surface area contributed by atoms with Crippen molar-refractivity contribution >= 4 is 39.4 Å². The van der Waals surface area contributed by atoms with E-state index in [1.165, 1.54) is 12.1 Å². The summed E-state index contributed by atoms with van der Waals surface area (Å²) in [5.74, 6) is -1.37. The average Bonchev–Trinajstić information content (AvgIpc) is 2.82. The molecular formula is C24H19N5O5. The number of nitro groups is 1. The molecule has 4 N–H and O–H groups in total. The van der Waals surface area contributed by atoms with Crippen molar-refractivity contribution in [1.29, 1.82) is 0 Å². The van der Waals surface area contributed by atoms with Crippen molar-refractivity contribution in [3.8, 4) is 5.75 Å². The Bertz CT molecular complexity index is 1510. The van der Waals surface area contributed by atoms with Crippen LogP contribution in [0, 0.1) is 10.1 Å². The molecule has 4 aromatic rings. The number of para-hydroxylation sites is 2. The zero-order valence-corrected chi connectivity index (χ0v) is 18.0. The lowest BCUT2D eigenvalue weighted by Crippen LogP contribution is -2.28. The number of nitrogens with zero attached hydrogens (tertiary/aromatic N) is 3. The van der Waals surface area contributed by atoms with Crippen molar-refractivity contribution in [2.45, 2.75) is 12.8 Å². The van der Waals surface area contributed by atoms with Gasteiger partial charge in [0.15, 0.2) is 5.75 Å². The van der Waals surface area contributed by atoms with Gasteiger partial charge in [-0.1, -0.05) is 24.3 Å². The van der Waals surface area contributed by atoms with Crippen molar-refractivity contribution in [2.24, 2.45) is 5.73 Å². The number of non-ortho nitro benzene ring substituents is 1. The third-order valence-electron chi connectivity index (χ3n) is 5.64. The summed E-state index contributed by atoms with van der Waals surface area (Å²) in [6.45, 7) is 1.80. The zero-order chi connectivity index (χ0) is 24.0. The fourth-order valence-electron chi connectivity index (χ4n) is 4.17. The summed E-state index contributed by atoms with van der Waals surface area (Å²) in [5.41, 5.74) is 16.1. The topological polar surface area (TPSA) is 156 Å². The number of anilines is 1. The molecule has 0 radical (unpaired) electrons. The largest absolute Gasteiger partial charge is 0.462 e. The fourth-order valence-corrected chi connectivity index (χ4v) is 4.17. The minimum Gasteiger partial charge on any atom is -0.462 e. The molecule has 1 aliphatic rings. The van der Waals surface area contributed by atoms with Gasteiger partial charge in [0.1, 0.15) is 5.57 Å². The molecule has 34 heavy (non-hydrogen) atoms. The van der Waals surface area contributed by atoms with Crippen LogP contribution in [0.5, 0.6) is 5.75 Å². The predicted molar refractivity (Wildman–Crippen MR) is 125 cm³/mol. The molecule has 0 aliphatic carbocycles. The first-order valence-corrected chi connectivity index (χ1v) is 10.5. The van der Waals surface area contributed by atoms with Crippen LogP contribution in [0.3, 0.4) is 0 Å². The number of hydrogen-bond donors (Lipinski definition) is 2. The van der Waals surface area contributed by atoms with Crippen LogP contribution in [-0.2, 0) is 9.53 Å². The number of aromatic nitrogens is 2. The van der Waals surface area contributed by atoms with Crippen LogP contribution in [0.2, 0.25) is 0 Å². The maximum atomic E-state index is 13.0. The third-order valence-corrected chi connectivity index (χ3v) is 5.64. The number of ether oxygens (including phenoxy) is 2. The fraction of sp³-hybridized carbons (Fsp3) is 0.125. The Morgan fingerprint density at radius 1 is 1.09 bits per heavy atom. The quantitative estimate of drug-likeness (QED) is 0.154. The Hall–Kier alpha value is -4.73. The summed E-state index contributed by atoms with van der Waals surface area (Å²) in [6, 6.07) is 14.9. The average molecular weight is 457 g/mol. The van der Waals surface area contributed by atoms with E-state index in [0.717, 1.165) is 0 Å². The molecule has 1 aliphatic heterocycles. The summed E-state index contributed by atoms with van der Waals surface area (Å²) in [7, 11) is 0. The van der Waals surface area contributed by atoms with E-state index in [0.29, 0.717) is 33.2 Å². The number of esters is 1. The van der Waals surface area contributed by atoms with E-state index < -0.39 is 16.8 Å². The first-order valence-electron chi connectivity index (χ1n) is 10.5. The third kappa shape index (κ3) is 3.32. The molecule has 3 aromatic carbocycles. The van der Waals surface area contributed by atoms with Crippen LogP contribution >= 0.6 is 0 Å². The number of rotatable bonds is 4. The minimum absolute atomic E-state index is 0.0602. The highest BCUT2D eigenvalue weighted by Crippen LogP contribution is 2.48. The number of carbonyl (C=O) groups excluding carboxylic acids is 1. The van der Waals surface area contributed by atoms with E-state index in [-0.39, 0.29) is 35.2 Å². The Balaban J connectivity index is 1.84. The monoisotopic (exact) mass is 457 g/mol. The smallest absolute Gasteiger partial charge is 0.340 e. The van der Waals surface area contributed by atoms with Crippen molar-refractivity contribution in [3.63, 3.8) is 0 Å². The molecule has 5 rings (SSSR count). The molecule has 0 bridgehead atoms. The first kappa shape index (κ1) is 21.1. The van der Waals surface area contributed by atoms with Crippen LogP contribution in [0.4, 0.5) is 11.4 Å². The molecular weight excluding hydrogens is 438 g/mol. The highest BCUT2D eigenvalue weighted by atomic mass is 16.6. The SMILES string of the molecule is CCOC(=O)C1=C(N)Oc2c(N)cc3nc4ccccc4nc3c2C1c1ccc([N+](=O)[O-])cc1. The number of nitrogen functional groups attached to an aromatic ring is 1. The van der Waals surface area contributed by atoms with Gasteiger partial charge in [-0.3, -0.25) is 10.1 Å². The molecule has 1 aromatic heterocycles. The molecule has 0 saturated carbocycles. The van der Waals surface area contributed by atoms with E-state index in [9.17, 15) is 14.9 Å². The molecule has 0 spiro atoms. The van der Waals surface area contributed by atoms with Gasteiger partial charge in [-0.15, -0.1) is 0 Å². The van der Waals surface area contributed by atoms with Gasteiger partial charge in [0.25, 0.3) is 5.69 Å². The molecule has 0 fully saturated rings. The second-order valence-electron chi connectivity index (χ2n) is 7.67. The van der Waals surface area contributed by atoms with E-state index >= 15 is 0 Å². The Labute approximate surface area is 193 Å². The van der Waals surface area contributed by atoms with Gasteiger partial charge < -0.3 is 20.9 Å². The number of fused-ring (bicyclic) bond motifs is 4. The van der Waals surface area contributed by atoms with Crippen molar-refractivity contribution < 1.29 is 19.2 Å². The lowest BCUT2D eigenvalue weighted by molar-refractivity contribution is -0.384. The van der Waals surface area contributed by atoms with Gasteiger partial charge in [-0.2, -0.15) is 0 Å². The lowest BCUT2D eigenvalue weighted by Gasteiger charge is -2.30. The van der Waals surface area contributed by atoms with Crippen LogP contribution < -0.4 is 16.2 Å². The number of hydrogen-bond acceptors (Lipinski definition) is 9. The highest BCUT2D eigenvalue weighted by Gasteiger charge is 2.38. The maximum absolute atomic E-state index is 13.0. The van der Waals surface area contributed by atoms with Gasteiger partial charge in [0, 0.05) is 17.7 Å². The van der Waals surface area contributed by atoms with Crippen molar-refractivity contribution in [3.05, 3.63) is 87.3 Å². The van der Waals surface area contributed by atoms with Crippen LogP contribution in [0.15, 0.2) is 66.1 Å². The van der Waals surface area contributed by atoms with E-state index in [4.69, 9.17) is 25.9 Å². The molecule has 0 saturated heterocycles. The van der Waals surface area contributed by atoms with Crippen molar-refractivity contribution in [1.82, 2.24) is 9.97 Å². The Kier molecular flexibility index (Phi) is 4.97. The van der Waals surface area contributed by atoms with E-state index in [1.807, 2.05) is 24.3 Å². The molecule has 10 nitrogen and oxygen atoms in total. The first-order chi connectivity index (χ1) is 16.4. The van der Waals surface area contributed by atoms with E-state index in [2.05, 4.69) is 4.98 Å². The molecule has 1 unspecified atom stereocenters. The molecule has 170 valence electrons. The zero-order valence-electron chi connectivity index (χ0n) is 18.0. The van der Waals surface area contributed by atoms with Gasteiger partial charge in [-0.25, -0.2) is 14.8 Å². The summed E-state index contributed by atoms with van der Waals surface area (Å²) in [5, 5.41) is 11.2. The number of nitrogens with two attached hydrogens (primary N) is 2. The molecule has 1 atom stereocenters. The number of nitro benzene ring substituents is 1. The standard InChI is InChI=1S/C24H19N5O5/c1-2-33-24(30)20-18(12-7-9-13(10-8-12)29(31)32)19-21-17(11-14(25)22(19)34-23(20)26)27-15-5-3-4-6-16(15)28-21/h3-11,18H,2,25-26H2,1H3. The van der Waals surface area contributed by atoms with Gasteiger partial charge in [0.2, 0.25) is 5.88 Å². The predicted octanol–water partition coefficient (Wildman–Crippen LogP) is 3.53. The van der Waals surface area contributed by atoms with Gasteiger partial charge in [-0.05, 0) is 30.7 Å². The summed E-state index contributed by atoms with van der Waals surface area (Å²) in [6.07, 6.45) is 0. The maximum Gasteiger partial charge on any atom is 0.340 e. The highest BCUT2D eigenvalue weighted by molar-refractivity contribution is 5.98. The van der Waals surface area contributed by atoms with Gasteiger partial charge >= 0.3 is 5.97 Å². The number of benzene rings is 3. The molecule has 2 heterocycles. The second-order valence-corrected chi connectivity index (χ2v) is 7.67. The van der Waals surface area contributed by atoms with E-state index in [1.54, 1.807) is 25.1 Å². The lowest BCUT2D eigenvalue weighted by atomic mass is 9.81. The molecule has 0 amide bonds. The summed E-state index contributed by atoms with van der Waals surface area (Å²) in [4.78, 5) is 33.2. The normalized spacial score (nSPS) is 15.1. The Morgan fingerprint density at radius 3 is 2.41 bits per heavy atom. The van der Waals surface area contributed by atoms with Gasteiger partial charge in [0.05, 0.1) is 45.2 Å². The van der Waals surface area contributed by atoms with Crippen molar-refractivity contribution in [2.75, 3.05) is 12.3 Å². The second kappa shape index (κ2) is 8.00. The summed E-state index contributed by atoms with van der Waals surface area (Å²) >= 11 is 0. The number of carbonyl (C=O) groups is 1. The summed E-state index contributed by atoms with van der Waals surface area (Å²) < 4.78 is 11.1. The van der Waals surface area contributed by atoms with Crippen LogP contribution in [0.1, 0.15) is 24.0 Å². The van der Waals surface area contributed by atoms with Crippen LogP contribution in [-0.4, -0.2) is 27.5 Å². The Morgan fingerprint density at radius 2 is 1.76 bits per heavy atom. The molecule has 10 heteroatoms. The minimum atomic E-state index is -0.801.